The number of ether oxygens (including phenoxy) is 2. The van der Waals surface area contributed by atoms with E-state index in [0.29, 0.717) is 36.2 Å². The number of carboxylic acid groups (broad SMARTS) is 1. The van der Waals surface area contributed by atoms with Gasteiger partial charge >= 0.3 is 5.97 Å². The molecular formula is C52H51Cl2N3O5. The van der Waals surface area contributed by atoms with Gasteiger partial charge in [0, 0.05) is 30.9 Å². The number of hydrogen-bond acceptors (Lipinski definition) is 6. The normalized spacial score (nSPS) is 17.1. The highest BCUT2D eigenvalue weighted by molar-refractivity contribution is 6.42. The number of carbonyl (C=O) groups is 2. The van der Waals surface area contributed by atoms with E-state index in [1.807, 2.05) is 79.7 Å². The molecule has 0 spiro atoms. The fourth-order valence-electron chi connectivity index (χ4n) is 8.96. The van der Waals surface area contributed by atoms with E-state index in [2.05, 4.69) is 65.4 Å². The van der Waals surface area contributed by atoms with Crippen molar-refractivity contribution in [3.8, 4) is 22.6 Å². The fraction of sp³-hybridized carbons (Fsp3) is 0.288. The second-order valence-electron chi connectivity index (χ2n) is 16.5. The van der Waals surface area contributed by atoms with E-state index in [1.165, 1.54) is 5.56 Å². The van der Waals surface area contributed by atoms with Crippen LogP contribution >= 0.6 is 23.2 Å². The molecule has 10 heteroatoms. The van der Waals surface area contributed by atoms with Crippen molar-refractivity contribution < 1.29 is 24.2 Å². The smallest absolute Gasteiger partial charge is 0.326 e. The van der Waals surface area contributed by atoms with Gasteiger partial charge < -0.3 is 19.9 Å². The SMILES string of the molecule is CC[C@@H](c1ccccc1)N1Cc2cc3c(cc2C[C@H]1C(=O)N[C@@H](Cc1ccc(-c2ccnc(C)c2C)cc1)C(=O)O)OCC[C@@H](c1ccc(OCc2ccc(Cl)c(Cl)c2)cc1)C3. The van der Waals surface area contributed by atoms with Crippen molar-refractivity contribution in [2.75, 3.05) is 6.61 Å². The highest BCUT2D eigenvalue weighted by Crippen LogP contribution is 2.40. The molecule has 0 saturated carbocycles. The number of benzene rings is 5. The fourth-order valence-corrected chi connectivity index (χ4v) is 9.28. The first-order valence-electron chi connectivity index (χ1n) is 21.3. The zero-order valence-electron chi connectivity index (χ0n) is 35.2. The van der Waals surface area contributed by atoms with Gasteiger partial charge in [-0.25, -0.2) is 4.79 Å². The Hall–Kier alpha value is -5.67. The maximum atomic E-state index is 14.5. The van der Waals surface area contributed by atoms with E-state index >= 15 is 0 Å². The lowest BCUT2D eigenvalue weighted by Gasteiger charge is -2.41. The molecule has 2 aliphatic rings. The molecule has 1 amide bonds. The van der Waals surface area contributed by atoms with Crippen molar-refractivity contribution in [3.63, 3.8) is 0 Å². The molecule has 0 saturated heterocycles. The summed E-state index contributed by atoms with van der Waals surface area (Å²) in [6.07, 6.45) is 4.84. The highest BCUT2D eigenvalue weighted by atomic mass is 35.5. The molecule has 1 aromatic heterocycles. The largest absolute Gasteiger partial charge is 0.493 e. The summed E-state index contributed by atoms with van der Waals surface area (Å²) in [5, 5.41) is 14.4. The third-order valence-corrected chi connectivity index (χ3v) is 13.3. The molecule has 0 aliphatic carbocycles. The molecule has 318 valence electrons. The van der Waals surface area contributed by atoms with Gasteiger partial charge in [0.05, 0.1) is 22.7 Å². The summed E-state index contributed by atoms with van der Waals surface area (Å²) in [6, 6.07) is 36.6. The maximum Gasteiger partial charge on any atom is 0.326 e. The second-order valence-corrected chi connectivity index (χ2v) is 17.3. The number of nitrogens with one attached hydrogen (secondary N) is 1. The van der Waals surface area contributed by atoms with Crippen molar-refractivity contribution in [3.05, 3.63) is 182 Å². The number of pyridine rings is 1. The van der Waals surface area contributed by atoms with Crippen molar-refractivity contribution in [2.45, 2.75) is 90.1 Å². The number of amides is 1. The third kappa shape index (κ3) is 9.68. The van der Waals surface area contributed by atoms with Crippen LogP contribution in [0.5, 0.6) is 11.5 Å². The number of aromatic nitrogens is 1. The lowest BCUT2D eigenvalue weighted by atomic mass is 9.85. The number of carbonyl (C=O) groups excluding carboxylic acids is 1. The maximum absolute atomic E-state index is 14.5. The number of aryl methyl sites for hydroxylation is 1. The molecule has 4 atom stereocenters. The van der Waals surface area contributed by atoms with Crippen LogP contribution in [0.25, 0.3) is 11.1 Å². The van der Waals surface area contributed by atoms with Gasteiger partial charge in [-0.2, -0.15) is 0 Å². The Kier molecular flexibility index (Phi) is 13.3. The minimum absolute atomic E-state index is 0.0589. The number of aliphatic carboxylic acids is 1. The van der Waals surface area contributed by atoms with Gasteiger partial charge in [0.25, 0.3) is 0 Å². The third-order valence-electron chi connectivity index (χ3n) is 12.5. The first-order valence-corrected chi connectivity index (χ1v) is 22.1. The average molecular weight is 869 g/mol. The van der Waals surface area contributed by atoms with E-state index in [9.17, 15) is 14.7 Å². The van der Waals surface area contributed by atoms with E-state index in [1.54, 1.807) is 12.3 Å². The van der Waals surface area contributed by atoms with Gasteiger partial charge in [-0.05, 0) is 137 Å². The summed E-state index contributed by atoms with van der Waals surface area (Å²) < 4.78 is 12.5. The summed E-state index contributed by atoms with van der Waals surface area (Å²) in [7, 11) is 0. The van der Waals surface area contributed by atoms with Gasteiger partial charge in [-0.1, -0.05) is 109 Å². The highest BCUT2D eigenvalue weighted by Gasteiger charge is 2.38. The quantitative estimate of drug-likeness (QED) is 0.119. The Balaban J connectivity index is 1.01. The molecule has 8 nitrogen and oxygen atoms in total. The summed E-state index contributed by atoms with van der Waals surface area (Å²) in [4.78, 5) is 33.9. The van der Waals surface area contributed by atoms with Gasteiger partial charge in [0.1, 0.15) is 24.1 Å². The summed E-state index contributed by atoms with van der Waals surface area (Å²) in [5.41, 5.74) is 11.7. The summed E-state index contributed by atoms with van der Waals surface area (Å²) in [5.74, 6) is 0.506. The number of hydrogen-bond donors (Lipinski definition) is 2. The molecular weight excluding hydrogens is 817 g/mol. The molecule has 0 radical (unpaired) electrons. The van der Waals surface area contributed by atoms with Crippen molar-refractivity contribution in [1.82, 2.24) is 15.2 Å². The van der Waals surface area contributed by atoms with Crippen LogP contribution in [-0.4, -0.2) is 45.6 Å². The minimum atomic E-state index is -1.10. The van der Waals surface area contributed by atoms with Crippen LogP contribution in [0.15, 0.2) is 121 Å². The summed E-state index contributed by atoms with van der Waals surface area (Å²) in [6.45, 7) is 7.67. The molecule has 5 aromatic carbocycles. The van der Waals surface area contributed by atoms with Crippen LogP contribution in [0, 0.1) is 13.8 Å². The monoisotopic (exact) mass is 867 g/mol. The Labute approximate surface area is 373 Å². The lowest BCUT2D eigenvalue weighted by molar-refractivity contribution is -0.143. The molecule has 8 rings (SSSR count). The van der Waals surface area contributed by atoms with Crippen LogP contribution in [0.1, 0.15) is 81.9 Å². The Morgan fingerprint density at radius 2 is 1.63 bits per heavy atom. The minimum Gasteiger partial charge on any atom is -0.493 e. The standard InChI is InChI=1S/C52H51Cl2N3O5/c1-4-48(38-8-6-5-7-9-38)57-30-42-27-41-26-39(36-15-17-43(18-16-36)62-31-35-12-19-45(53)46(54)24-35)21-23-61-50(41)29-40(42)28-49(57)51(58)56-47(52(59)60)25-34-10-13-37(14-11-34)44-20-22-55-33(3)32(44)2/h5-20,22,24,27,29,39,47-49H,4,21,23,25-26,28,30-31H2,1-3H3,(H,56,58)(H,59,60)/t39-,47+,48+,49+/m1/s1. The van der Waals surface area contributed by atoms with Gasteiger partial charge in [-0.3, -0.25) is 14.7 Å². The van der Waals surface area contributed by atoms with E-state index in [-0.39, 0.29) is 24.3 Å². The van der Waals surface area contributed by atoms with Crippen LogP contribution in [-0.2, 0) is 42.0 Å². The van der Waals surface area contributed by atoms with Crippen molar-refractivity contribution >= 4 is 35.1 Å². The van der Waals surface area contributed by atoms with Gasteiger partial charge in [0.15, 0.2) is 0 Å². The molecule has 62 heavy (non-hydrogen) atoms. The second kappa shape index (κ2) is 19.2. The lowest BCUT2D eigenvalue weighted by Crippen LogP contribution is -2.55. The van der Waals surface area contributed by atoms with E-state index in [4.69, 9.17) is 32.7 Å². The number of fused-ring (bicyclic) bond motifs is 2. The summed E-state index contributed by atoms with van der Waals surface area (Å²) >= 11 is 12.3. The Bertz CT molecular complexity index is 2550. The average Bonchev–Trinajstić information content (AvgIpc) is 3.49. The number of carboxylic acids is 1. The van der Waals surface area contributed by atoms with E-state index in [0.717, 1.165) is 86.5 Å². The van der Waals surface area contributed by atoms with Crippen LogP contribution in [0.2, 0.25) is 10.0 Å². The van der Waals surface area contributed by atoms with Crippen molar-refractivity contribution in [1.29, 1.82) is 0 Å². The molecule has 0 fully saturated rings. The topological polar surface area (TPSA) is 101 Å². The Morgan fingerprint density at radius 1 is 0.871 bits per heavy atom. The number of halogens is 2. The zero-order valence-corrected chi connectivity index (χ0v) is 36.8. The van der Waals surface area contributed by atoms with Gasteiger partial charge in [-0.15, -0.1) is 0 Å². The van der Waals surface area contributed by atoms with Crippen LogP contribution in [0.3, 0.4) is 0 Å². The molecule has 6 aromatic rings. The van der Waals surface area contributed by atoms with Crippen LogP contribution in [0.4, 0.5) is 0 Å². The number of rotatable bonds is 13. The van der Waals surface area contributed by atoms with Crippen LogP contribution < -0.4 is 14.8 Å². The number of nitrogens with zero attached hydrogens (tertiary/aromatic N) is 2. The van der Waals surface area contributed by atoms with Crippen molar-refractivity contribution in [2.24, 2.45) is 0 Å². The predicted octanol–water partition coefficient (Wildman–Crippen LogP) is 11.1. The first-order chi connectivity index (χ1) is 30.0. The van der Waals surface area contributed by atoms with E-state index < -0.39 is 18.1 Å². The van der Waals surface area contributed by atoms with Gasteiger partial charge in [0.2, 0.25) is 5.91 Å². The molecule has 2 N–H and O–H groups in total. The zero-order chi connectivity index (χ0) is 43.3. The Morgan fingerprint density at radius 3 is 2.35 bits per heavy atom. The molecule has 0 bridgehead atoms. The predicted molar refractivity (Wildman–Crippen MR) is 245 cm³/mol. The molecule has 3 heterocycles. The first kappa shape index (κ1) is 43.0. The molecule has 2 aliphatic heterocycles. The molecule has 0 unspecified atom stereocenters.